The van der Waals surface area contributed by atoms with E-state index >= 15 is 0 Å². The summed E-state index contributed by atoms with van der Waals surface area (Å²) in [5, 5.41) is 0. The topological polar surface area (TPSA) is 3.24 Å². The Morgan fingerprint density at radius 1 is 0.500 bits per heavy atom. The fourth-order valence-electron chi connectivity index (χ4n) is 4.92. The molecule has 0 bridgehead atoms. The third-order valence-corrected chi connectivity index (χ3v) is 22.5. The number of nitrogens with zero attached hydrogens (tertiary/aromatic N) is 1. The number of rotatable bonds is 13. The van der Waals surface area contributed by atoms with Crippen LogP contribution in [-0.4, -0.2) is 18.4 Å². The zero-order valence-corrected chi connectivity index (χ0v) is 23.2. The van der Waals surface area contributed by atoms with Crippen LogP contribution in [0.3, 0.4) is 0 Å². The number of benzene rings is 3. The molecule has 0 heterocycles. The van der Waals surface area contributed by atoms with Gasteiger partial charge in [-0.25, -0.2) is 0 Å². The van der Waals surface area contributed by atoms with Gasteiger partial charge >= 0.3 is 201 Å². The molecule has 0 radical (unpaired) electrons. The average Bonchev–Trinajstić information content (AvgIpc) is 2.86. The van der Waals surface area contributed by atoms with Crippen LogP contribution < -0.4 is 8.48 Å². The van der Waals surface area contributed by atoms with E-state index in [1.807, 2.05) is 0 Å². The first kappa shape index (κ1) is 24.9. The normalized spacial score (nSPS) is 11.5. The molecular formula is C30H41NSn. The Morgan fingerprint density at radius 3 is 1.25 bits per heavy atom. The Kier molecular flexibility index (Phi) is 10.2. The molecule has 0 spiro atoms. The van der Waals surface area contributed by atoms with Crippen molar-refractivity contribution in [1.82, 2.24) is 0 Å². The van der Waals surface area contributed by atoms with E-state index in [-0.39, 0.29) is 0 Å². The van der Waals surface area contributed by atoms with Crippen molar-refractivity contribution in [2.45, 2.75) is 72.6 Å². The number of hydrogen-bond acceptors (Lipinski definition) is 1. The maximum absolute atomic E-state index is 2.52. The molecule has 0 atom stereocenters. The van der Waals surface area contributed by atoms with E-state index in [0.717, 1.165) is 0 Å². The van der Waals surface area contributed by atoms with Crippen molar-refractivity contribution in [3.8, 4) is 0 Å². The SMILES string of the molecule is CCC[CH2][Sn]([CH2]CCC)([CH2]CCC)[c]1ccc(N(c2ccccc2)c2ccccc2)cc1. The zero-order valence-electron chi connectivity index (χ0n) is 20.4. The van der Waals surface area contributed by atoms with Gasteiger partial charge in [-0.05, 0) is 0 Å². The minimum absolute atomic E-state index is 1.21. The van der Waals surface area contributed by atoms with Crippen LogP contribution in [0, 0.1) is 0 Å². The first-order chi connectivity index (χ1) is 15.7. The van der Waals surface area contributed by atoms with Gasteiger partial charge in [-0.2, -0.15) is 0 Å². The van der Waals surface area contributed by atoms with Gasteiger partial charge < -0.3 is 0 Å². The molecule has 0 aromatic heterocycles. The van der Waals surface area contributed by atoms with Crippen molar-refractivity contribution < 1.29 is 0 Å². The number of para-hydroxylation sites is 2. The summed E-state index contributed by atoms with van der Waals surface area (Å²) in [6.45, 7) is 7.07. The monoisotopic (exact) mass is 535 g/mol. The Hall–Kier alpha value is -1.74. The van der Waals surface area contributed by atoms with Gasteiger partial charge in [0.1, 0.15) is 0 Å². The van der Waals surface area contributed by atoms with Crippen LogP contribution in [-0.2, 0) is 0 Å². The van der Waals surface area contributed by atoms with Gasteiger partial charge in [-0.15, -0.1) is 0 Å². The average molecular weight is 534 g/mol. The Balaban J connectivity index is 1.99. The van der Waals surface area contributed by atoms with Crippen LogP contribution >= 0.6 is 0 Å². The second kappa shape index (κ2) is 13.1. The minimum atomic E-state index is -2.39. The third-order valence-electron chi connectivity index (χ3n) is 6.79. The maximum atomic E-state index is 2.52. The van der Waals surface area contributed by atoms with Crippen molar-refractivity contribution in [1.29, 1.82) is 0 Å². The van der Waals surface area contributed by atoms with Gasteiger partial charge in [0, 0.05) is 0 Å². The zero-order chi connectivity index (χ0) is 22.7. The van der Waals surface area contributed by atoms with E-state index in [2.05, 4.69) is 111 Å². The van der Waals surface area contributed by atoms with Crippen LogP contribution in [0.2, 0.25) is 13.3 Å². The second-order valence-corrected chi connectivity index (χ2v) is 22.4. The van der Waals surface area contributed by atoms with Gasteiger partial charge in [0.15, 0.2) is 0 Å². The summed E-state index contributed by atoms with van der Waals surface area (Å²) in [5.74, 6) is 0. The Labute approximate surface area is 200 Å². The molecule has 0 fully saturated rings. The van der Waals surface area contributed by atoms with Crippen molar-refractivity contribution in [3.05, 3.63) is 84.9 Å². The van der Waals surface area contributed by atoms with Gasteiger partial charge in [0.2, 0.25) is 0 Å². The first-order valence-corrected chi connectivity index (χ1v) is 20.2. The fourth-order valence-corrected chi connectivity index (χ4v) is 20.8. The molecule has 0 unspecified atom stereocenters. The van der Waals surface area contributed by atoms with Crippen molar-refractivity contribution in [2.75, 3.05) is 4.90 Å². The quantitative estimate of drug-likeness (QED) is 0.198. The summed E-state index contributed by atoms with van der Waals surface area (Å²) in [5.41, 5.74) is 3.68. The summed E-state index contributed by atoms with van der Waals surface area (Å²) in [6, 6.07) is 31.3. The molecule has 3 aromatic carbocycles. The Morgan fingerprint density at radius 2 is 0.875 bits per heavy atom. The van der Waals surface area contributed by atoms with E-state index < -0.39 is 18.4 Å². The first-order valence-electron chi connectivity index (χ1n) is 12.7. The van der Waals surface area contributed by atoms with Crippen molar-refractivity contribution >= 4 is 39.0 Å². The molecule has 3 rings (SSSR count). The molecule has 32 heavy (non-hydrogen) atoms. The molecular weight excluding hydrogens is 493 g/mol. The molecule has 0 saturated heterocycles. The molecule has 0 saturated carbocycles. The molecule has 0 N–H and O–H groups in total. The van der Waals surface area contributed by atoms with E-state index in [1.165, 1.54) is 68.9 Å². The molecule has 0 aliphatic heterocycles. The van der Waals surface area contributed by atoms with E-state index in [0.29, 0.717) is 0 Å². The summed E-state index contributed by atoms with van der Waals surface area (Å²) in [4.78, 5) is 2.38. The predicted octanol–water partition coefficient (Wildman–Crippen LogP) is 9.21. The van der Waals surface area contributed by atoms with Crippen molar-refractivity contribution in [3.63, 3.8) is 0 Å². The molecule has 1 nitrogen and oxygen atoms in total. The van der Waals surface area contributed by atoms with E-state index in [4.69, 9.17) is 0 Å². The molecule has 2 heteroatoms. The molecule has 0 aliphatic carbocycles. The van der Waals surface area contributed by atoms with Gasteiger partial charge in [-0.3, -0.25) is 0 Å². The number of unbranched alkanes of at least 4 members (excludes halogenated alkanes) is 3. The molecule has 0 aliphatic rings. The van der Waals surface area contributed by atoms with Gasteiger partial charge in [0.25, 0.3) is 0 Å². The van der Waals surface area contributed by atoms with Gasteiger partial charge in [0.05, 0.1) is 0 Å². The standard InChI is InChI=1S/C18H14N.3C4H9.Sn/c1-4-10-16(11-5-1)19(17-12-6-2-7-13-17)18-14-8-3-9-15-18;3*1-3-4-2;/h1-2,4-15H;3*1,3-4H2,2H3;. The second-order valence-electron chi connectivity index (χ2n) is 9.14. The van der Waals surface area contributed by atoms with Crippen LogP contribution in [0.25, 0.3) is 0 Å². The number of anilines is 3. The summed E-state index contributed by atoms with van der Waals surface area (Å²) < 4.78 is 6.31. The molecule has 170 valence electrons. The van der Waals surface area contributed by atoms with Gasteiger partial charge in [-0.1, -0.05) is 0 Å². The molecule has 3 aromatic rings. The van der Waals surface area contributed by atoms with E-state index in [1.54, 1.807) is 3.58 Å². The Bertz CT molecular complexity index is 828. The predicted molar refractivity (Wildman–Crippen MR) is 146 cm³/mol. The summed E-state index contributed by atoms with van der Waals surface area (Å²) >= 11 is -2.39. The van der Waals surface area contributed by atoms with Crippen LogP contribution in [0.1, 0.15) is 59.3 Å². The van der Waals surface area contributed by atoms with Crippen LogP contribution in [0.4, 0.5) is 17.1 Å². The third kappa shape index (κ3) is 6.40. The van der Waals surface area contributed by atoms with Crippen LogP contribution in [0.5, 0.6) is 0 Å². The molecule has 0 amide bonds. The fraction of sp³-hybridized carbons (Fsp3) is 0.400. The summed E-state index contributed by atoms with van der Waals surface area (Å²) in [6.07, 6.45) is 8.20. The van der Waals surface area contributed by atoms with E-state index in [9.17, 15) is 0 Å². The number of hydrogen-bond donors (Lipinski definition) is 0. The van der Waals surface area contributed by atoms with Crippen LogP contribution in [0.15, 0.2) is 84.9 Å². The van der Waals surface area contributed by atoms with Crippen molar-refractivity contribution in [2.24, 2.45) is 0 Å². The summed E-state index contributed by atoms with van der Waals surface area (Å²) in [7, 11) is 0.